The zero-order valence-corrected chi connectivity index (χ0v) is 11.0. The molecule has 1 rings (SSSR count). The van der Waals surface area contributed by atoms with Crippen molar-refractivity contribution in [1.82, 2.24) is 10.2 Å². The highest BCUT2D eigenvalue weighted by Crippen LogP contribution is 2.25. The van der Waals surface area contributed by atoms with E-state index in [1.165, 1.54) is 0 Å². The second-order valence-corrected chi connectivity index (χ2v) is 5.23. The van der Waals surface area contributed by atoms with Crippen LogP contribution in [0.2, 0.25) is 0 Å². The summed E-state index contributed by atoms with van der Waals surface area (Å²) in [6.45, 7) is 4.63. The summed E-state index contributed by atoms with van der Waals surface area (Å²) in [7, 11) is 0. The third-order valence-electron chi connectivity index (χ3n) is 2.97. The van der Waals surface area contributed by atoms with Crippen molar-refractivity contribution in [1.29, 1.82) is 0 Å². The van der Waals surface area contributed by atoms with Gasteiger partial charge in [-0.1, -0.05) is 27.2 Å². The Balaban J connectivity index is 2.76. The molecule has 1 N–H and O–H groups in total. The molecule has 6 heteroatoms. The topological polar surface area (TPSA) is 32.3 Å². The molecule has 0 aliphatic carbocycles. The maximum Gasteiger partial charge on any atom is 0.406 e. The summed E-state index contributed by atoms with van der Waals surface area (Å²) in [6, 6.07) is -0.457. The van der Waals surface area contributed by atoms with Crippen LogP contribution in [0.15, 0.2) is 0 Å². The Labute approximate surface area is 106 Å². The van der Waals surface area contributed by atoms with Crippen LogP contribution in [0, 0.1) is 5.92 Å². The van der Waals surface area contributed by atoms with Crippen molar-refractivity contribution < 1.29 is 18.0 Å². The van der Waals surface area contributed by atoms with Crippen LogP contribution in [0.4, 0.5) is 13.2 Å². The Morgan fingerprint density at radius 3 is 2.44 bits per heavy atom. The van der Waals surface area contributed by atoms with E-state index in [-0.39, 0.29) is 5.92 Å². The minimum absolute atomic E-state index is 0.242. The molecule has 0 spiro atoms. The fourth-order valence-corrected chi connectivity index (χ4v) is 2.27. The standard InChI is InChI=1S/C12H21F3N2O/c1-4-5-9-11(18)17(7-12(13,14)15)10(16-9)6-8(2)3/h8-10,16H,4-7H2,1-3H3. The summed E-state index contributed by atoms with van der Waals surface area (Å²) >= 11 is 0. The lowest BCUT2D eigenvalue weighted by Gasteiger charge is -2.26. The van der Waals surface area contributed by atoms with E-state index >= 15 is 0 Å². The molecular weight excluding hydrogens is 245 g/mol. The number of rotatable bonds is 5. The smallest absolute Gasteiger partial charge is 0.317 e. The van der Waals surface area contributed by atoms with Crippen molar-refractivity contribution in [2.24, 2.45) is 5.92 Å². The lowest BCUT2D eigenvalue weighted by molar-refractivity contribution is -0.162. The summed E-state index contributed by atoms with van der Waals surface area (Å²) in [6.07, 6.45) is -2.93. The van der Waals surface area contributed by atoms with E-state index in [1.807, 2.05) is 20.8 Å². The van der Waals surface area contributed by atoms with Crippen LogP contribution in [0.25, 0.3) is 0 Å². The zero-order valence-electron chi connectivity index (χ0n) is 11.0. The second kappa shape index (κ2) is 5.91. The highest BCUT2D eigenvalue weighted by Gasteiger charge is 2.43. The third kappa shape index (κ3) is 4.15. The third-order valence-corrected chi connectivity index (χ3v) is 2.97. The van der Waals surface area contributed by atoms with Gasteiger partial charge in [0.1, 0.15) is 6.54 Å². The Kier molecular flexibility index (Phi) is 5.01. The first-order valence-electron chi connectivity index (χ1n) is 6.38. The molecular formula is C12H21F3N2O. The molecule has 0 aromatic heterocycles. The van der Waals surface area contributed by atoms with Gasteiger partial charge >= 0.3 is 6.18 Å². The van der Waals surface area contributed by atoms with Crippen molar-refractivity contribution in [3.8, 4) is 0 Å². The molecule has 2 atom stereocenters. The van der Waals surface area contributed by atoms with Crippen LogP contribution in [-0.2, 0) is 4.79 Å². The van der Waals surface area contributed by atoms with E-state index in [1.54, 1.807) is 0 Å². The van der Waals surface area contributed by atoms with Gasteiger partial charge in [0.15, 0.2) is 0 Å². The maximum absolute atomic E-state index is 12.5. The number of hydrogen-bond donors (Lipinski definition) is 1. The predicted molar refractivity (Wildman–Crippen MR) is 62.8 cm³/mol. The molecule has 0 aromatic carbocycles. The largest absolute Gasteiger partial charge is 0.406 e. The minimum Gasteiger partial charge on any atom is -0.317 e. The van der Waals surface area contributed by atoms with Gasteiger partial charge in [0.05, 0.1) is 12.2 Å². The first-order chi connectivity index (χ1) is 8.24. The fraction of sp³-hybridized carbons (Fsp3) is 0.917. The molecule has 0 radical (unpaired) electrons. The number of halogens is 3. The van der Waals surface area contributed by atoms with Crippen molar-refractivity contribution in [3.05, 3.63) is 0 Å². The highest BCUT2D eigenvalue weighted by atomic mass is 19.4. The highest BCUT2D eigenvalue weighted by molar-refractivity contribution is 5.84. The van der Waals surface area contributed by atoms with Crippen LogP contribution < -0.4 is 5.32 Å². The number of nitrogens with zero attached hydrogens (tertiary/aromatic N) is 1. The van der Waals surface area contributed by atoms with Crippen molar-refractivity contribution >= 4 is 5.91 Å². The molecule has 1 aliphatic rings. The number of carbonyl (C=O) groups excluding carboxylic acids is 1. The van der Waals surface area contributed by atoms with E-state index in [9.17, 15) is 18.0 Å². The zero-order chi connectivity index (χ0) is 13.9. The summed E-state index contributed by atoms with van der Waals surface area (Å²) in [4.78, 5) is 12.9. The molecule has 18 heavy (non-hydrogen) atoms. The summed E-state index contributed by atoms with van der Waals surface area (Å²) in [5.41, 5.74) is 0. The molecule has 1 fully saturated rings. The number of alkyl halides is 3. The number of nitrogens with one attached hydrogen (secondary N) is 1. The van der Waals surface area contributed by atoms with E-state index in [2.05, 4.69) is 5.32 Å². The van der Waals surface area contributed by atoms with Crippen molar-refractivity contribution in [2.75, 3.05) is 6.54 Å². The summed E-state index contributed by atoms with van der Waals surface area (Å²) < 4.78 is 37.4. The monoisotopic (exact) mass is 266 g/mol. The van der Waals surface area contributed by atoms with Crippen LogP contribution >= 0.6 is 0 Å². The molecule has 1 saturated heterocycles. The molecule has 1 amide bonds. The Morgan fingerprint density at radius 1 is 1.39 bits per heavy atom. The Morgan fingerprint density at radius 2 is 2.00 bits per heavy atom. The molecule has 3 nitrogen and oxygen atoms in total. The van der Waals surface area contributed by atoms with Gasteiger partial charge in [-0.15, -0.1) is 0 Å². The maximum atomic E-state index is 12.5. The van der Waals surface area contributed by atoms with E-state index < -0.39 is 30.8 Å². The van der Waals surface area contributed by atoms with Gasteiger partial charge in [-0.05, 0) is 18.8 Å². The molecule has 1 aliphatic heterocycles. The predicted octanol–water partition coefficient (Wildman–Crippen LogP) is 2.52. The van der Waals surface area contributed by atoms with E-state index in [0.717, 1.165) is 11.3 Å². The lowest BCUT2D eigenvalue weighted by Crippen LogP contribution is -2.43. The van der Waals surface area contributed by atoms with Crippen molar-refractivity contribution in [2.45, 2.75) is 58.4 Å². The second-order valence-electron chi connectivity index (χ2n) is 5.23. The van der Waals surface area contributed by atoms with Gasteiger partial charge in [0.25, 0.3) is 0 Å². The number of amides is 1. The molecule has 106 valence electrons. The van der Waals surface area contributed by atoms with Crippen molar-refractivity contribution in [3.63, 3.8) is 0 Å². The van der Waals surface area contributed by atoms with Crippen LogP contribution in [0.3, 0.4) is 0 Å². The first-order valence-corrected chi connectivity index (χ1v) is 6.38. The molecule has 2 unspecified atom stereocenters. The van der Waals surface area contributed by atoms with Crippen LogP contribution in [0.1, 0.15) is 40.0 Å². The Hall–Kier alpha value is -0.780. The first kappa shape index (κ1) is 15.3. The van der Waals surface area contributed by atoms with Crippen LogP contribution in [-0.4, -0.2) is 35.7 Å². The number of hydrogen-bond acceptors (Lipinski definition) is 2. The van der Waals surface area contributed by atoms with Crippen LogP contribution in [0.5, 0.6) is 0 Å². The van der Waals surface area contributed by atoms with Gasteiger partial charge < -0.3 is 4.90 Å². The summed E-state index contributed by atoms with van der Waals surface area (Å²) in [5, 5.41) is 3.02. The molecule has 0 aromatic rings. The average Bonchev–Trinajstić information content (AvgIpc) is 2.44. The van der Waals surface area contributed by atoms with Gasteiger partial charge in [0, 0.05) is 0 Å². The molecule has 1 heterocycles. The fourth-order valence-electron chi connectivity index (χ4n) is 2.27. The minimum atomic E-state index is -4.34. The average molecular weight is 266 g/mol. The van der Waals surface area contributed by atoms with Gasteiger partial charge in [-0.25, -0.2) is 0 Å². The van der Waals surface area contributed by atoms with Gasteiger partial charge in [0.2, 0.25) is 5.91 Å². The Bertz CT molecular complexity index is 292. The quantitative estimate of drug-likeness (QED) is 0.829. The van der Waals surface area contributed by atoms with Gasteiger partial charge in [-0.3, -0.25) is 10.1 Å². The lowest BCUT2D eigenvalue weighted by atomic mass is 10.1. The number of carbonyl (C=O) groups is 1. The normalized spacial score (nSPS) is 25.3. The SMILES string of the molecule is CCCC1NC(CC(C)C)N(CC(F)(F)F)C1=O. The molecule has 0 bridgehead atoms. The van der Waals surface area contributed by atoms with E-state index in [0.29, 0.717) is 12.8 Å². The van der Waals surface area contributed by atoms with E-state index in [4.69, 9.17) is 0 Å². The summed E-state index contributed by atoms with van der Waals surface area (Å²) in [5.74, 6) is -0.175. The molecule has 0 saturated carbocycles. The van der Waals surface area contributed by atoms with Gasteiger partial charge in [-0.2, -0.15) is 13.2 Å².